The molecule has 0 unspecified atom stereocenters. The molecule has 70 valence electrons. The first kappa shape index (κ1) is 14.1. The van der Waals surface area contributed by atoms with Gasteiger partial charge in [-0.25, -0.2) is 0 Å². The number of nitrogens with two attached hydrogens (primary N) is 2. The Morgan fingerprint density at radius 2 is 1.83 bits per heavy atom. The van der Waals surface area contributed by atoms with E-state index in [9.17, 15) is 0 Å². The van der Waals surface area contributed by atoms with Crippen LogP contribution in [0.25, 0.3) is 0 Å². The van der Waals surface area contributed by atoms with Crippen molar-refractivity contribution in [1.82, 2.24) is 0 Å². The van der Waals surface area contributed by atoms with Crippen LogP contribution in [0.3, 0.4) is 0 Å². The third-order valence-electron chi connectivity index (χ3n) is 1.52. The van der Waals surface area contributed by atoms with Crippen molar-refractivity contribution in [2.75, 3.05) is 5.73 Å². The Morgan fingerprint density at radius 1 is 1.25 bits per heavy atom. The van der Waals surface area contributed by atoms with Gasteiger partial charge in [-0.2, -0.15) is 0 Å². The summed E-state index contributed by atoms with van der Waals surface area (Å²) in [6, 6.07) is 5.91. The zero-order valence-corrected chi connectivity index (χ0v) is 8.54. The van der Waals surface area contributed by atoms with Crippen LogP contribution in [0.4, 0.5) is 5.69 Å². The predicted molar refractivity (Wildman–Crippen MR) is 58.0 cm³/mol. The van der Waals surface area contributed by atoms with Crippen LogP contribution >= 0.6 is 24.8 Å². The Balaban J connectivity index is 0. The van der Waals surface area contributed by atoms with Crippen molar-refractivity contribution < 1.29 is 0 Å². The highest BCUT2D eigenvalue weighted by atomic mass is 35.5. The molecule has 0 aliphatic carbocycles. The standard InChI is InChI=1S/C8H12N2.2ClH/c1-6-2-3-7(5-9)8(10)4-6;;/h2-4H,5,9-10H2,1H3;2*1H. The minimum atomic E-state index is 0. The second kappa shape index (κ2) is 6.12. The van der Waals surface area contributed by atoms with E-state index in [4.69, 9.17) is 11.5 Å². The van der Waals surface area contributed by atoms with Crippen LogP contribution in [0.5, 0.6) is 0 Å². The second-order valence-electron chi connectivity index (χ2n) is 2.41. The first-order valence-corrected chi connectivity index (χ1v) is 3.29. The summed E-state index contributed by atoms with van der Waals surface area (Å²) >= 11 is 0. The molecule has 1 aromatic carbocycles. The van der Waals surface area contributed by atoms with E-state index >= 15 is 0 Å². The average molecular weight is 209 g/mol. The molecular formula is C8H14Cl2N2. The maximum atomic E-state index is 5.65. The predicted octanol–water partition coefficient (Wildman–Crippen LogP) is 1.88. The van der Waals surface area contributed by atoms with Gasteiger partial charge < -0.3 is 11.5 Å². The zero-order chi connectivity index (χ0) is 7.56. The molecule has 0 bridgehead atoms. The highest BCUT2D eigenvalue weighted by Gasteiger charge is 1.94. The number of anilines is 1. The van der Waals surface area contributed by atoms with Crippen molar-refractivity contribution in [2.45, 2.75) is 13.5 Å². The molecule has 4 heteroatoms. The quantitative estimate of drug-likeness (QED) is 0.694. The van der Waals surface area contributed by atoms with E-state index in [-0.39, 0.29) is 24.8 Å². The molecule has 0 saturated carbocycles. The summed E-state index contributed by atoms with van der Waals surface area (Å²) in [5.41, 5.74) is 14.1. The summed E-state index contributed by atoms with van der Waals surface area (Å²) in [5, 5.41) is 0. The number of benzene rings is 1. The number of halogens is 2. The van der Waals surface area contributed by atoms with Crippen molar-refractivity contribution in [3.63, 3.8) is 0 Å². The van der Waals surface area contributed by atoms with Crippen LogP contribution in [-0.4, -0.2) is 0 Å². The summed E-state index contributed by atoms with van der Waals surface area (Å²) < 4.78 is 0. The molecule has 0 amide bonds. The third-order valence-corrected chi connectivity index (χ3v) is 1.52. The molecule has 0 fully saturated rings. The Kier molecular flexibility index (Phi) is 7.19. The van der Waals surface area contributed by atoms with Crippen LogP contribution < -0.4 is 11.5 Å². The molecule has 0 radical (unpaired) electrons. The fourth-order valence-corrected chi connectivity index (χ4v) is 0.900. The first-order chi connectivity index (χ1) is 4.74. The van der Waals surface area contributed by atoms with Gasteiger partial charge in [0, 0.05) is 12.2 Å². The topological polar surface area (TPSA) is 52.0 Å². The van der Waals surface area contributed by atoms with Crippen LogP contribution in [0.2, 0.25) is 0 Å². The summed E-state index contributed by atoms with van der Waals surface area (Å²) in [7, 11) is 0. The van der Waals surface area contributed by atoms with Crippen molar-refractivity contribution in [2.24, 2.45) is 5.73 Å². The van der Waals surface area contributed by atoms with Gasteiger partial charge in [-0.05, 0) is 24.1 Å². The summed E-state index contributed by atoms with van der Waals surface area (Å²) in [6.07, 6.45) is 0. The normalized spacial score (nSPS) is 8.17. The SMILES string of the molecule is Cc1ccc(CN)c(N)c1.Cl.Cl. The Hall–Kier alpha value is -0.440. The molecule has 4 N–H and O–H groups in total. The van der Waals surface area contributed by atoms with Gasteiger partial charge in [0.15, 0.2) is 0 Å². The lowest BCUT2D eigenvalue weighted by Crippen LogP contribution is -2.01. The van der Waals surface area contributed by atoms with Gasteiger partial charge in [0.2, 0.25) is 0 Å². The summed E-state index contributed by atoms with van der Waals surface area (Å²) in [4.78, 5) is 0. The molecule has 0 spiro atoms. The fourth-order valence-electron chi connectivity index (χ4n) is 0.900. The number of hydrogen-bond donors (Lipinski definition) is 2. The van der Waals surface area contributed by atoms with Crippen LogP contribution in [0.15, 0.2) is 18.2 Å². The second-order valence-corrected chi connectivity index (χ2v) is 2.41. The molecule has 0 saturated heterocycles. The molecule has 0 atom stereocenters. The van der Waals surface area contributed by atoms with Crippen LogP contribution in [-0.2, 0) is 6.54 Å². The van der Waals surface area contributed by atoms with Crippen molar-refractivity contribution >= 4 is 30.5 Å². The fraction of sp³-hybridized carbons (Fsp3) is 0.250. The Labute approximate surface area is 85.1 Å². The summed E-state index contributed by atoms with van der Waals surface area (Å²) in [6.45, 7) is 2.53. The highest BCUT2D eigenvalue weighted by Crippen LogP contribution is 2.12. The molecule has 2 nitrogen and oxygen atoms in total. The molecule has 0 aliphatic heterocycles. The van der Waals surface area contributed by atoms with Crippen LogP contribution in [0.1, 0.15) is 11.1 Å². The minimum Gasteiger partial charge on any atom is -0.398 e. The third kappa shape index (κ3) is 3.30. The van der Waals surface area contributed by atoms with Crippen LogP contribution in [0, 0.1) is 6.92 Å². The monoisotopic (exact) mass is 208 g/mol. The van der Waals surface area contributed by atoms with E-state index in [0.717, 1.165) is 11.3 Å². The number of rotatable bonds is 1. The van der Waals surface area contributed by atoms with Gasteiger partial charge in [-0.1, -0.05) is 12.1 Å². The number of aryl methyl sites for hydroxylation is 1. The molecule has 0 aromatic heterocycles. The lowest BCUT2D eigenvalue weighted by molar-refractivity contribution is 1.07. The number of nitrogen functional groups attached to an aromatic ring is 1. The highest BCUT2D eigenvalue weighted by molar-refractivity contribution is 5.85. The van der Waals surface area contributed by atoms with E-state index < -0.39 is 0 Å². The molecule has 1 aromatic rings. The minimum absolute atomic E-state index is 0. The van der Waals surface area contributed by atoms with E-state index in [0.29, 0.717) is 6.54 Å². The van der Waals surface area contributed by atoms with E-state index in [1.54, 1.807) is 0 Å². The van der Waals surface area contributed by atoms with Gasteiger partial charge >= 0.3 is 0 Å². The zero-order valence-electron chi connectivity index (χ0n) is 6.91. The molecule has 0 heterocycles. The maximum Gasteiger partial charge on any atom is 0.0362 e. The average Bonchev–Trinajstić information content (AvgIpc) is 1.88. The van der Waals surface area contributed by atoms with E-state index in [2.05, 4.69) is 0 Å². The van der Waals surface area contributed by atoms with Crippen molar-refractivity contribution in [1.29, 1.82) is 0 Å². The summed E-state index contributed by atoms with van der Waals surface area (Å²) in [5.74, 6) is 0. The van der Waals surface area contributed by atoms with E-state index in [1.165, 1.54) is 5.56 Å². The van der Waals surface area contributed by atoms with Crippen molar-refractivity contribution in [3.8, 4) is 0 Å². The van der Waals surface area contributed by atoms with Gasteiger partial charge in [0.1, 0.15) is 0 Å². The Bertz CT molecular complexity index is 238. The lowest BCUT2D eigenvalue weighted by atomic mass is 10.1. The van der Waals surface area contributed by atoms with Gasteiger partial charge in [0.05, 0.1) is 0 Å². The maximum absolute atomic E-state index is 5.65. The van der Waals surface area contributed by atoms with E-state index in [1.807, 2.05) is 25.1 Å². The first-order valence-electron chi connectivity index (χ1n) is 3.29. The smallest absolute Gasteiger partial charge is 0.0362 e. The van der Waals surface area contributed by atoms with Gasteiger partial charge in [-0.15, -0.1) is 24.8 Å². The van der Waals surface area contributed by atoms with Gasteiger partial charge in [0.25, 0.3) is 0 Å². The van der Waals surface area contributed by atoms with Crippen molar-refractivity contribution in [3.05, 3.63) is 29.3 Å². The Morgan fingerprint density at radius 3 is 2.25 bits per heavy atom. The van der Waals surface area contributed by atoms with Gasteiger partial charge in [-0.3, -0.25) is 0 Å². The molecule has 12 heavy (non-hydrogen) atoms. The molecule has 1 rings (SSSR count). The number of hydrogen-bond acceptors (Lipinski definition) is 2. The lowest BCUT2D eigenvalue weighted by Gasteiger charge is -2.01. The largest absolute Gasteiger partial charge is 0.398 e. The molecule has 0 aliphatic rings. The molecular weight excluding hydrogens is 195 g/mol.